The fourth-order valence-electron chi connectivity index (χ4n) is 2.93. The Labute approximate surface area is 80.3 Å². The third kappa shape index (κ3) is 1.40. The maximum absolute atomic E-state index is 9.80. The van der Waals surface area contributed by atoms with Crippen molar-refractivity contribution in [1.29, 1.82) is 0 Å². The molecule has 2 rings (SSSR count). The van der Waals surface area contributed by atoms with Gasteiger partial charge in [0.15, 0.2) is 0 Å². The Morgan fingerprint density at radius 1 is 1.31 bits per heavy atom. The summed E-state index contributed by atoms with van der Waals surface area (Å²) in [7, 11) is 0. The van der Waals surface area contributed by atoms with Crippen LogP contribution in [-0.2, 0) is 4.74 Å². The van der Waals surface area contributed by atoms with Crippen molar-refractivity contribution in [3.05, 3.63) is 0 Å². The zero-order valence-corrected chi connectivity index (χ0v) is 8.62. The zero-order valence-electron chi connectivity index (χ0n) is 8.62. The summed E-state index contributed by atoms with van der Waals surface area (Å²) < 4.78 is 5.83. The van der Waals surface area contributed by atoms with E-state index in [2.05, 4.69) is 13.8 Å². The summed E-state index contributed by atoms with van der Waals surface area (Å²) in [6, 6.07) is 0. The fourth-order valence-corrected chi connectivity index (χ4v) is 2.93. The summed E-state index contributed by atoms with van der Waals surface area (Å²) in [4.78, 5) is 0. The van der Waals surface area contributed by atoms with E-state index in [0.29, 0.717) is 12.2 Å². The molecule has 2 nitrogen and oxygen atoms in total. The second-order valence-corrected chi connectivity index (χ2v) is 4.87. The summed E-state index contributed by atoms with van der Waals surface area (Å²) >= 11 is 0. The minimum atomic E-state index is -0.0845. The lowest BCUT2D eigenvalue weighted by Crippen LogP contribution is -2.57. The Morgan fingerprint density at radius 3 is 2.38 bits per heavy atom. The van der Waals surface area contributed by atoms with Crippen LogP contribution in [0.2, 0.25) is 0 Å². The van der Waals surface area contributed by atoms with Crippen LogP contribution >= 0.6 is 0 Å². The van der Waals surface area contributed by atoms with Crippen molar-refractivity contribution in [2.75, 3.05) is 0 Å². The molecule has 76 valence electrons. The highest BCUT2D eigenvalue weighted by Crippen LogP contribution is 2.54. The number of aliphatic hydroxyl groups excluding tert-OH is 1. The summed E-state index contributed by atoms with van der Waals surface area (Å²) in [6.07, 6.45) is 6.30. The summed E-state index contributed by atoms with van der Waals surface area (Å²) in [5.41, 5.74) is 0.157. The Bertz CT molecular complexity index is 183. The molecule has 2 unspecified atom stereocenters. The lowest BCUT2D eigenvalue weighted by Gasteiger charge is -2.51. The average molecular weight is 184 g/mol. The molecule has 1 N–H and O–H groups in total. The van der Waals surface area contributed by atoms with Crippen LogP contribution in [0.1, 0.15) is 46.0 Å². The molecule has 2 saturated carbocycles. The molecule has 13 heavy (non-hydrogen) atoms. The van der Waals surface area contributed by atoms with Crippen LogP contribution in [0.15, 0.2) is 0 Å². The van der Waals surface area contributed by atoms with Gasteiger partial charge in [-0.2, -0.15) is 0 Å². The molecule has 2 fully saturated rings. The quantitative estimate of drug-likeness (QED) is 0.712. The predicted molar refractivity (Wildman–Crippen MR) is 51.5 cm³/mol. The first kappa shape index (κ1) is 9.47. The van der Waals surface area contributed by atoms with Gasteiger partial charge in [-0.3, -0.25) is 0 Å². The minimum Gasteiger partial charge on any atom is -0.392 e. The van der Waals surface area contributed by atoms with E-state index in [0.717, 1.165) is 6.42 Å². The first-order valence-electron chi connectivity index (χ1n) is 5.49. The van der Waals surface area contributed by atoms with Gasteiger partial charge in [0.05, 0.1) is 18.3 Å². The molecule has 0 bridgehead atoms. The summed E-state index contributed by atoms with van der Waals surface area (Å²) in [5.74, 6) is 0. The Kier molecular flexibility index (Phi) is 2.37. The van der Waals surface area contributed by atoms with Crippen LogP contribution in [0.4, 0.5) is 0 Å². The molecule has 0 aromatic carbocycles. The van der Waals surface area contributed by atoms with E-state index in [4.69, 9.17) is 4.74 Å². The Morgan fingerprint density at radius 2 is 1.92 bits per heavy atom. The highest BCUT2D eigenvalue weighted by Gasteiger charge is 2.56. The van der Waals surface area contributed by atoms with Gasteiger partial charge in [-0.05, 0) is 26.7 Å². The molecular weight excluding hydrogens is 164 g/mol. The molecule has 2 aliphatic carbocycles. The molecular formula is C11H20O2. The van der Waals surface area contributed by atoms with Crippen molar-refractivity contribution >= 4 is 0 Å². The predicted octanol–water partition coefficient (Wildman–Crippen LogP) is 2.10. The molecule has 0 heterocycles. The maximum Gasteiger partial charge on any atom is 0.0684 e. The van der Waals surface area contributed by atoms with Crippen LogP contribution in [0.5, 0.6) is 0 Å². The first-order valence-corrected chi connectivity index (χ1v) is 5.49. The summed E-state index contributed by atoms with van der Waals surface area (Å²) in [6.45, 7) is 4.15. The molecule has 0 radical (unpaired) electrons. The van der Waals surface area contributed by atoms with Gasteiger partial charge in [0.25, 0.3) is 0 Å². The standard InChI is InChI=1S/C11H20O2/c1-8(2)13-10-7-9(12)11(10)5-3-4-6-11/h8-10,12H,3-7H2,1-2H3. The van der Waals surface area contributed by atoms with E-state index in [1.54, 1.807) is 0 Å². The second kappa shape index (κ2) is 3.25. The van der Waals surface area contributed by atoms with Gasteiger partial charge in [0, 0.05) is 11.8 Å². The topological polar surface area (TPSA) is 29.5 Å². The van der Waals surface area contributed by atoms with Crippen molar-refractivity contribution in [2.24, 2.45) is 5.41 Å². The lowest BCUT2D eigenvalue weighted by molar-refractivity contribution is -0.202. The molecule has 0 saturated heterocycles. The van der Waals surface area contributed by atoms with Gasteiger partial charge < -0.3 is 9.84 Å². The number of rotatable bonds is 2. The molecule has 0 aliphatic heterocycles. The van der Waals surface area contributed by atoms with Crippen LogP contribution in [0, 0.1) is 5.41 Å². The van der Waals surface area contributed by atoms with Crippen molar-refractivity contribution in [3.63, 3.8) is 0 Å². The van der Waals surface area contributed by atoms with Gasteiger partial charge in [0.2, 0.25) is 0 Å². The number of hydrogen-bond donors (Lipinski definition) is 1. The van der Waals surface area contributed by atoms with Gasteiger partial charge in [-0.15, -0.1) is 0 Å². The first-order chi connectivity index (χ1) is 6.15. The highest BCUT2D eigenvalue weighted by atomic mass is 16.5. The van der Waals surface area contributed by atoms with E-state index in [-0.39, 0.29) is 11.5 Å². The van der Waals surface area contributed by atoms with E-state index in [1.807, 2.05) is 0 Å². The number of ether oxygens (including phenoxy) is 1. The number of hydrogen-bond acceptors (Lipinski definition) is 2. The van der Waals surface area contributed by atoms with E-state index in [1.165, 1.54) is 25.7 Å². The monoisotopic (exact) mass is 184 g/mol. The second-order valence-electron chi connectivity index (χ2n) is 4.87. The van der Waals surface area contributed by atoms with E-state index >= 15 is 0 Å². The van der Waals surface area contributed by atoms with Crippen molar-refractivity contribution in [1.82, 2.24) is 0 Å². The minimum absolute atomic E-state index is 0.0845. The fraction of sp³-hybridized carbons (Fsp3) is 1.00. The zero-order chi connectivity index (χ0) is 9.47. The normalized spacial score (nSPS) is 36.9. The van der Waals surface area contributed by atoms with Crippen molar-refractivity contribution in [2.45, 2.75) is 64.3 Å². The van der Waals surface area contributed by atoms with Gasteiger partial charge in [-0.25, -0.2) is 0 Å². The van der Waals surface area contributed by atoms with E-state index < -0.39 is 0 Å². The highest BCUT2D eigenvalue weighted by molar-refractivity contribution is 5.06. The van der Waals surface area contributed by atoms with Gasteiger partial charge in [0.1, 0.15) is 0 Å². The third-order valence-corrected chi connectivity index (χ3v) is 3.71. The van der Waals surface area contributed by atoms with Crippen LogP contribution in [0.3, 0.4) is 0 Å². The molecule has 0 amide bonds. The molecule has 2 atom stereocenters. The van der Waals surface area contributed by atoms with Crippen LogP contribution < -0.4 is 0 Å². The third-order valence-electron chi connectivity index (χ3n) is 3.71. The molecule has 1 spiro atoms. The SMILES string of the molecule is CC(C)OC1CC(O)C12CCCC2. The number of aliphatic hydroxyl groups is 1. The molecule has 0 aromatic rings. The smallest absolute Gasteiger partial charge is 0.0684 e. The van der Waals surface area contributed by atoms with E-state index in [9.17, 15) is 5.11 Å². The Balaban J connectivity index is 1.99. The van der Waals surface area contributed by atoms with Crippen LogP contribution in [-0.4, -0.2) is 23.4 Å². The summed E-state index contributed by atoms with van der Waals surface area (Å²) in [5, 5.41) is 9.80. The van der Waals surface area contributed by atoms with Crippen molar-refractivity contribution in [3.8, 4) is 0 Å². The average Bonchev–Trinajstić information content (AvgIpc) is 2.53. The van der Waals surface area contributed by atoms with Gasteiger partial charge >= 0.3 is 0 Å². The largest absolute Gasteiger partial charge is 0.392 e. The molecule has 2 heteroatoms. The van der Waals surface area contributed by atoms with Crippen molar-refractivity contribution < 1.29 is 9.84 Å². The molecule has 0 aromatic heterocycles. The van der Waals surface area contributed by atoms with Crippen LogP contribution in [0.25, 0.3) is 0 Å². The molecule has 2 aliphatic rings. The lowest BCUT2D eigenvalue weighted by atomic mass is 9.62. The Hall–Kier alpha value is -0.0800. The van der Waals surface area contributed by atoms with Gasteiger partial charge in [-0.1, -0.05) is 12.8 Å². The maximum atomic E-state index is 9.80.